The molecule has 1 aliphatic heterocycles. The van der Waals surface area contributed by atoms with Gasteiger partial charge in [-0.1, -0.05) is 13.8 Å². The van der Waals surface area contributed by atoms with E-state index in [0.29, 0.717) is 22.4 Å². The molecule has 0 aliphatic carbocycles. The number of amides is 1. The van der Waals surface area contributed by atoms with Crippen molar-refractivity contribution in [1.82, 2.24) is 9.97 Å². The average Bonchev–Trinajstić information content (AvgIpc) is 3.11. The molecule has 1 aliphatic rings. The van der Waals surface area contributed by atoms with Crippen molar-refractivity contribution in [2.24, 2.45) is 5.92 Å². The molecule has 27 heavy (non-hydrogen) atoms. The maximum atomic E-state index is 12.7. The van der Waals surface area contributed by atoms with E-state index in [0.717, 1.165) is 5.56 Å². The summed E-state index contributed by atoms with van der Waals surface area (Å²) in [7, 11) is -3.86. The van der Waals surface area contributed by atoms with Crippen LogP contribution in [0.1, 0.15) is 25.3 Å². The standard InChI is InChI=1S/C18H18N4O4S/c1-9(2)16-12-7-10(3-5-13(12)19-17(16)23)22-27(25,26)11-4-6-14-15(8-11)21-18(24)20-14/h3-9,16,22H,1-2H3,(H,19,23)(H2,20,21,24). The van der Waals surface area contributed by atoms with E-state index in [1.807, 2.05) is 13.8 Å². The number of aromatic nitrogens is 2. The second-order valence-electron chi connectivity index (χ2n) is 6.90. The van der Waals surface area contributed by atoms with Crippen LogP contribution in [0, 0.1) is 5.92 Å². The lowest BCUT2D eigenvalue weighted by atomic mass is 9.89. The van der Waals surface area contributed by atoms with Crippen molar-refractivity contribution >= 4 is 38.3 Å². The van der Waals surface area contributed by atoms with Crippen molar-refractivity contribution in [1.29, 1.82) is 0 Å². The quantitative estimate of drug-likeness (QED) is 0.549. The van der Waals surface area contributed by atoms with E-state index in [9.17, 15) is 18.0 Å². The molecule has 0 saturated carbocycles. The van der Waals surface area contributed by atoms with Gasteiger partial charge in [0, 0.05) is 11.4 Å². The van der Waals surface area contributed by atoms with Crippen molar-refractivity contribution < 1.29 is 13.2 Å². The Balaban J connectivity index is 1.69. The number of carbonyl (C=O) groups is 1. The second kappa shape index (κ2) is 5.98. The van der Waals surface area contributed by atoms with E-state index in [2.05, 4.69) is 20.0 Å². The molecule has 1 unspecified atom stereocenters. The summed E-state index contributed by atoms with van der Waals surface area (Å²) in [5.41, 5.74) is 2.39. The third-order valence-corrected chi connectivity index (χ3v) is 6.02. The lowest BCUT2D eigenvalue weighted by molar-refractivity contribution is -0.117. The zero-order chi connectivity index (χ0) is 19.3. The molecule has 1 atom stereocenters. The fraction of sp³-hybridized carbons (Fsp3) is 0.222. The number of hydrogen-bond donors (Lipinski definition) is 4. The van der Waals surface area contributed by atoms with Crippen LogP contribution >= 0.6 is 0 Å². The van der Waals surface area contributed by atoms with Gasteiger partial charge < -0.3 is 15.3 Å². The number of fused-ring (bicyclic) bond motifs is 2. The Hall–Kier alpha value is -3.07. The molecule has 0 bridgehead atoms. The maximum Gasteiger partial charge on any atom is 0.323 e. The highest BCUT2D eigenvalue weighted by Crippen LogP contribution is 2.39. The van der Waals surface area contributed by atoms with Gasteiger partial charge in [-0.15, -0.1) is 0 Å². The van der Waals surface area contributed by atoms with Crippen molar-refractivity contribution in [3.8, 4) is 0 Å². The van der Waals surface area contributed by atoms with Crippen LogP contribution in [-0.2, 0) is 14.8 Å². The number of H-pyrrole nitrogens is 2. The summed E-state index contributed by atoms with van der Waals surface area (Å²) in [6.07, 6.45) is 0. The number of anilines is 2. The number of carbonyl (C=O) groups excluding carboxylic acids is 1. The summed E-state index contributed by atoms with van der Waals surface area (Å²) in [5, 5.41) is 2.82. The van der Waals surface area contributed by atoms with E-state index in [-0.39, 0.29) is 22.6 Å². The number of aromatic amines is 2. The summed E-state index contributed by atoms with van der Waals surface area (Å²) in [5.74, 6) is -0.307. The molecule has 1 amide bonds. The van der Waals surface area contributed by atoms with Gasteiger partial charge >= 0.3 is 5.69 Å². The van der Waals surface area contributed by atoms with Crippen molar-refractivity contribution in [3.63, 3.8) is 0 Å². The topological polar surface area (TPSA) is 124 Å². The molecule has 1 aromatic heterocycles. The maximum absolute atomic E-state index is 12.7. The number of hydrogen-bond acceptors (Lipinski definition) is 4. The molecule has 140 valence electrons. The van der Waals surface area contributed by atoms with Crippen molar-refractivity contribution in [2.45, 2.75) is 24.7 Å². The van der Waals surface area contributed by atoms with Gasteiger partial charge in [-0.25, -0.2) is 13.2 Å². The van der Waals surface area contributed by atoms with Gasteiger partial charge in [-0.2, -0.15) is 0 Å². The summed E-state index contributed by atoms with van der Waals surface area (Å²) in [6, 6.07) is 9.33. The molecule has 2 heterocycles. The SMILES string of the molecule is CC(C)C1C(=O)Nc2ccc(NS(=O)(=O)c3ccc4[nH]c(=O)[nH]c4c3)cc21. The first-order valence-corrected chi connectivity index (χ1v) is 9.92. The lowest BCUT2D eigenvalue weighted by Gasteiger charge is -2.14. The van der Waals surface area contributed by atoms with Crippen molar-refractivity contribution in [2.75, 3.05) is 10.0 Å². The van der Waals surface area contributed by atoms with Gasteiger partial charge in [0.25, 0.3) is 10.0 Å². The highest BCUT2D eigenvalue weighted by molar-refractivity contribution is 7.92. The van der Waals surface area contributed by atoms with E-state index in [1.54, 1.807) is 18.2 Å². The minimum Gasteiger partial charge on any atom is -0.325 e. The Bertz CT molecular complexity index is 1220. The van der Waals surface area contributed by atoms with E-state index in [4.69, 9.17) is 0 Å². The minimum absolute atomic E-state index is 0.0281. The molecule has 3 aromatic rings. The summed E-state index contributed by atoms with van der Waals surface area (Å²) in [6.45, 7) is 3.89. The van der Waals surface area contributed by atoms with Gasteiger partial charge in [-0.3, -0.25) is 9.52 Å². The Morgan fingerprint density at radius 1 is 1.00 bits per heavy atom. The zero-order valence-electron chi connectivity index (χ0n) is 14.7. The predicted molar refractivity (Wildman–Crippen MR) is 102 cm³/mol. The fourth-order valence-corrected chi connectivity index (χ4v) is 4.48. The van der Waals surface area contributed by atoms with Gasteiger partial charge in [0.1, 0.15) is 0 Å². The first-order valence-electron chi connectivity index (χ1n) is 8.44. The lowest BCUT2D eigenvalue weighted by Crippen LogP contribution is -2.17. The molecule has 0 radical (unpaired) electrons. The van der Waals surface area contributed by atoms with Gasteiger partial charge in [-0.05, 0) is 47.9 Å². The first kappa shape index (κ1) is 17.3. The van der Waals surface area contributed by atoms with Gasteiger partial charge in [0.05, 0.1) is 21.8 Å². The summed E-state index contributed by atoms with van der Waals surface area (Å²) in [4.78, 5) is 28.6. The van der Waals surface area contributed by atoms with Crippen LogP contribution in [0.5, 0.6) is 0 Å². The van der Waals surface area contributed by atoms with Crippen LogP contribution in [-0.4, -0.2) is 24.3 Å². The predicted octanol–water partition coefficient (Wildman–Crippen LogP) is 2.35. The smallest absolute Gasteiger partial charge is 0.323 e. The number of rotatable bonds is 4. The first-order chi connectivity index (χ1) is 12.7. The molecule has 2 aromatic carbocycles. The number of benzene rings is 2. The molecule has 8 nitrogen and oxygen atoms in total. The van der Waals surface area contributed by atoms with Crippen LogP contribution in [0.25, 0.3) is 11.0 Å². The van der Waals surface area contributed by atoms with E-state index >= 15 is 0 Å². The number of sulfonamides is 1. The zero-order valence-corrected chi connectivity index (χ0v) is 15.5. The van der Waals surface area contributed by atoms with Crippen LogP contribution in [0.15, 0.2) is 46.1 Å². The Morgan fingerprint density at radius 3 is 2.48 bits per heavy atom. The molecule has 0 saturated heterocycles. The Labute approximate surface area is 155 Å². The van der Waals surface area contributed by atoms with Gasteiger partial charge in [0.2, 0.25) is 5.91 Å². The molecule has 0 spiro atoms. The Kier molecular flexibility index (Phi) is 3.84. The van der Waals surface area contributed by atoms with Crippen LogP contribution in [0.3, 0.4) is 0 Å². The average molecular weight is 386 g/mol. The largest absolute Gasteiger partial charge is 0.325 e. The molecule has 0 fully saturated rings. The molecule has 9 heteroatoms. The molecule has 4 N–H and O–H groups in total. The highest BCUT2D eigenvalue weighted by atomic mass is 32.2. The van der Waals surface area contributed by atoms with Crippen LogP contribution < -0.4 is 15.7 Å². The Morgan fingerprint density at radius 2 is 1.74 bits per heavy atom. The molecular formula is C18H18N4O4S. The second-order valence-corrected chi connectivity index (χ2v) is 8.59. The van der Waals surface area contributed by atoms with Crippen LogP contribution in [0.4, 0.5) is 11.4 Å². The fourth-order valence-electron chi connectivity index (χ4n) is 3.40. The van der Waals surface area contributed by atoms with Crippen LogP contribution in [0.2, 0.25) is 0 Å². The normalized spacial score (nSPS) is 16.6. The number of imidazole rings is 1. The highest BCUT2D eigenvalue weighted by Gasteiger charge is 2.33. The summed E-state index contributed by atoms with van der Waals surface area (Å²) < 4.78 is 28.0. The summed E-state index contributed by atoms with van der Waals surface area (Å²) >= 11 is 0. The third-order valence-electron chi connectivity index (χ3n) is 4.64. The third kappa shape index (κ3) is 2.99. The molecule has 4 rings (SSSR count). The van der Waals surface area contributed by atoms with Gasteiger partial charge in [0.15, 0.2) is 0 Å². The van der Waals surface area contributed by atoms with E-state index in [1.165, 1.54) is 18.2 Å². The minimum atomic E-state index is -3.86. The van der Waals surface area contributed by atoms with E-state index < -0.39 is 15.7 Å². The molecular weight excluding hydrogens is 368 g/mol. The van der Waals surface area contributed by atoms with Crippen molar-refractivity contribution in [3.05, 3.63) is 52.4 Å². The monoisotopic (exact) mass is 386 g/mol. The number of nitrogens with one attached hydrogen (secondary N) is 4.